The van der Waals surface area contributed by atoms with Gasteiger partial charge in [-0.3, -0.25) is 0 Å². The van der Waals surface area contributed by atoms with E-state index in [1.54, 1.807) is 7.11 Å². The molecule has 2 rings (SSSR count). The molecule has 0 saturated heterocycles. The highest BCUT2D eigenvalue weighted by Crippen LogP contribution is 2.27. The molecule has 0 spiro atoms. The standard InChI is InChI=1S/C15H20ClN3O/c1-4-17-13(14-9-19(2)10-18-14)8-11-7-12(16)5-6-15(11)20-3/h5-7,9-10,13,17H,4,8H2,1-3H3. The molecule has 4 nitrogen and oxygen atoms in total. The lowest BCUT2D eigenvalue weighted by atomic mass is 10.0. The summed E-state index contributed by atoms with van der Waals surface area (Å²) in [6.07, 6.45) is 4.63. The molecule has 1 heterocycles. The van der Waals surface area contributed by atoms with Crippen LogP contribution in [0, 0.1) is 0 Å². The molecule has 0 radical (unpaired) electrons. The zero-order valence-corrected chi connectivity index (χ0v) is 12.8. The molecule has 0 aliphatic heterocycles. The van der Waals surface area contributed by atoms with Crippen molar-refractivity contribution >= 4 is 11.6 Å². The Hall–Kier alpha value is -1.52. The van der Waals surface area contributed by atoms with E-state index in [1.165, 1.54) is 0 Å². The van der Waals surface area contributed by atoms with Crippen molar-refractivity contribution in [1.82, 2.24) is 14.9 Å². The molecule has 1 aromatic carbocycles. The van der Waals surface area contributed by atoms with Crippen LogP contribution in [0.2, 0.25) is 5.02 Å². The summed E-state index contributed by atoms with van der Waals surface area (Å²) >= 11 is 6.09. The summed E-state index contributed by atoms with van der Waals surface area (Å²) in [6.45, 7) is 2.97. The number of benzene rings is 1. The first kappa shape index (κ1) is 14.9. The van der Waals surface area contributed by atoms with Crippen LogP contribution in [0.3, 0.4) is 0 Å². The predicted octanol–water partition coefficient (Wildman–Crippen LogP) is 2.98. The minimum absolute atomic E-state index is 0.147. The van der Waals surface area contributed by atoms with Crippen LogP contribution in [-0.2, 0) is 13.5 Å². The second kappa shape index (κ2) is 6.77. The van der Waals surface area contributed by atoms with E-state index in [0.717, 1.165) is 35.0 Å². The minimum Gasteiger partial charge on any atom is -0.496 e. The number of nitrogens with one attached hydrogen (secondary N) is 1. The SMILES string of the molecule is CCNC(Cc1cc(Cl)ccc1OC)c1cn(C)cn1. The van der Waals surface area contributed by atoms with Crippen molar-refractivity contribution < 1.29 is 4.74 Å². The fourth-order valence-corrected chi connectivity index (χ4v) is 2.46. The van der Waals surface area contributed by atoms with Crippen LogP contribution in [0.4, 0.5) is 0 Å². The normalized spacial score (nSPS) is 12.4. The molecule has 0 saturated carbocycles. The van der Waals surface area contributed by atoms with Gasteiger partial charge in [-0.15, -0.1) is 0 Å². The maximum absolute atomic E-state index is 6.09. The van der Waals surface area contributed by atoms with Gasteiger partial charge in [0.1, 0.15) is 5.75 Å². The van der Waals surface area contributed by atoms with Gasteiger partial charge in [0.15, 0.2) is 0 Å². The van der Waals surface area contributed by atoms with E-state index in [1.807, 2.05) is 42.3 Å². The van der Waals surface area contributed by atoms with Crippen molar-refractivity contribution in [2.45, 2.75) is 19.4 Å². The number of hydrogen-bond donors (Lipinski definition) is 1. The average Bonchev–Trinajstić information content (AvgIpc) is 2.85. The van der Waals surface area contributed by atoms with E-state index < -0.39 is 0 Å². The lowest BCUT2D eigenvalue weighted by Crippen LogP contribution is -2.23. The topological polar surface area (TPSA) is 39.1 Å². The number of ether oxygens (including phenoxy) is 1. The molecule has 108 valence electrons. The van der Waals surface area contributed by atoms with Gasteiger partial charge < -0.3 is 14.6 Å². The summed E-state index contributed by atoms with van der Waals surface area (Å²) in [5, 5.41) is 4.18. The summed E-state index contributed by atoms with van der Waals surface area (Å²) in [6, 6.07) is 5.84. The van der Waals surface area contributed by atoms with E-state index in [0.29, 0.717) is 0 Å². The van der Waals surface area contributed by atoms with Crippen molar-refractivity contribution in [3.63, 3.8) is 0 Å². The molecule has 0 aliphatic rings. The van der Waals surface area contributed by atoms with E-state index in [-0.39, 0.29) is 6.04 Å². The summed E-state index contributed by atoms with van der Waals surface area (Å²) < 4.78 is 7.36. The van der Waals surface area contributed by atoms with Gasteiger partial charge in [0.05, 0.1) is 25.2 Å². The smallest absolute Gasteiger partial charge is 0.122 e. The monoisotopic (exact) mass is 293 g/mol. The Morgan fingerprint density at radius 1 is 1.45 bits per heavy atom. The maximum atomic E-state index is 6.09. The van der Waals surface area contributed by atoms with Crippen molar-refractivity contribution in [1.29, 1.82) is 0 Å². The second-order valence-corrected chi connectivity index (χ2v) is 5.17. The average molecular weight is 294 g/mol. The van der Waals surface area contributed by atoms with Crippen LogP contribution in [0.1, 0.15) is 24.2 Å². The molecule has 0 bridgehead atoms. The summed E-state index contributed by atoms with van der Waals surface area (Å²) in [4.78, 5) is 4.44. The fourth-order valence-electron chi connectivity index (χ4n) is 2.27. The predicted molar refractivity (Wildman–Crippen MR) is 81.3 cm³/mol. The zero-order valence-electron chi connectivity index (χ0n) is 12.1. The fraction of sp³-hybridized carbons (Fsp3) is 0.400. The molecule has 1 unspecified atom stereocenters. The van der Waals surface area contributed by atoms with E-state index >= 15 is 0 Å². The number of likely N-dealkylation sites (N-methyl/N-ethyl adjacent to an activating group) is 1. The van der Waals surface area contributed by atoms with Gasteiger partial charge in [0, 0.05) is 18.3 Å². The molecular formula is C15H20ClN3O. The quantitative estimate of drug-likeness (QED) is 0.890. The van der Waals surface area contributed by atoms with Gasteiger partial charge in [0.25, 0.3) is 0 Å². The molecule has 1 atom stereocenters. The Morgan fingerprint density at radius 3 is 2.85 bits per heavy atom. The first-order valence-electron chi connectivity index (χ1n) is 6.67. The number of nitrogens with zero attached hydrogens (tertiary/aromatic N) is 2. The molecule has 2 aromatic rings. The third kappa shape index (κ3) is 3.52. The number of imidazole rings is 1. The van der Waals surface area contributed by atoms with Gasteiger partial charge in [-0.05, 0) is 36.7 Å². The van der Waals surface area contributed by atoms with E-state index in [9.17, 15) is 0 Å². The summed E-state index contributed by atoms with van der Waals surface area (Å²) in [5.74, 6) is 0.855. The van der Waals surface area contributed by atoms with Crippen molar-refractivity contribution in [2.75, 3.05) is 13.7 Å². The van der Waals surface area contributed by atoms with Gasteiger partial charge in [-0.1, -0.05) is 18.5 Å². The highest BCUT2D eigenvalue weighted by atomic mass is 35.5. The van der Waals surface area contributed by atoms with Crippen molar-refractivity contribution in [3.05, 3.63) is 47.0 Å². The molecule has 0 amide bonds. The van der Waals surface area contributed by atoms with Gasteiger partial charge >= 0.3 is 0 Å². The first-order chi connectivity index (χ1) is 9.63. The van der Waals surface area contributed by atoms with E-state index in [4.69, 9.17) is 16.3 Å². The van der Waals surface area contributed by atoms with Gasteiger partial charge in [0.2, 0.25) is 0 Å². The zero-order chi connectivity index (χ0) is 14.5. The highest BCUT2D eigenvalue weighted by molar-refractivity contribution is 6.30. The molecule has 1 aromatic heterocycles. The van der Waals surface area contributed by atoms with Crippen LogP contribution >= 0.6 is 11.6 Å². The summed E-state index contributed by atoms with van der Waals surface area (Å²) in [7, 11) is 3.65. The van der Waals surface area contributed by atoms with Gasteiger partial charge in [-0.25, -0.2) is 4.98 Å². The Morgan fingerprint density at radius 2 is 2.25 bits per heavy atom. The number of aromatic nitrogens is 2. The third-order valence-electron chi connectivity index (χ3n) is 3.20. The molecule has 0 aliphatic carbocycles. The Bertz CT molecular complexity index is 568. The number of halogens is 1. The van der Waals surface area contributed by atoms with Crippen LogP contribution in [0.25, 0.3) is 0 Å². The lowest BCUT2D eigenvalue weighted by Gasteiger charge is -2.17. The molecular weight excluding hydrogens is 274 g/mol. The van der Waals surface area contributed by atoms with E-state index in [2.05, 4.69) is 17.2 Å². The molecule has 20 heavy (non-hydrogen) atoms. The Kier molecular flexibility index (Phi) is 5.04. The molecule has 0 fully saturated rings. The van der Waals surface area contributed by atoms with Crippen LogP contribution in [0.5, 0.6) is 5.75 Å². The third-order valence-corrected chi connectivity index (χ3v) is 3.43. The second-order valence-electron chi connectivity index (χ2n) is 4.73. The largest absolute Gasteiger partial charge is 0.496 e. The number of rotatable bonds is 6. The first-order valence-corrected chi connectivity index (χ1v) is 7.05. The Balaban J connectivity index is 2.26. The number of methoxy groups -OCH3 is 1. The van der Waals surface area contributed by atoms with Crippen molar-refractivity contribution in [2.24, 2.45) is 7.05 Å². The molecule has 1 N–H and O–H groups in total. The van der Waals surface area contributed by atoms with Gasteiger partial charge in [-0.2, -0.15) is 0 Å². The van der Waals surface area contributed by atoms with Crippen LogP contribution in [0.15, 0.2) is 30.7 Å². The molecule has 5 heteroatoms. The van der Waals surface area contributed by atoms with Crippen LogP contribution in [-0.4, -0.2) is 23.2 Å². The highest BCUT2D eigenvalue weighted by Gasteiger charge is 2.16. The Labute approximate surface area is 124 Å². The number of hydrogen-bond acceptors (Lipinski definition) is 3. The lowest BCUT2D eigenvalue weighted by molar-refractivity contribution is 0.405. The summed E-state index contributed by atoms with van der Waals surface area (Å²) in [5.41, 5.74) is 2.10. The van der Waals surface area contributed by atoms with Crippen LogP contribution < -0.4 is 10.1 Å². The maximum Gasteiger partial charge on any atom is 0.122 e. The minimum atomic E-state index is 0.147. The number of aryl methyl sites for hydroxylation is 1. The van der Waals surface area contributed by atoms with Crippen molar-refractivity contribution in [3.8, 4) is 5.75 Å².